The number of rotatable bonds is 6. The van der Waals surface area contributed by atoms with Crippen LogP contribution < -0.4 is 19.9 Å². The van der Waals surface area contributed by atoms with Crippen LogP contribution in [0.15, 0.2) is 18.2 Å². The number of nitrogens with two attached hydrogens (primary N) is 1. The second-order valence-corrected chi connectivity index (χ2v) is 3.48. The summed E-state index contributed by atoms with van der Waals surface area (Å²) < 4.78 is 15.7. The zero-order valence-corrected chi connectivity index (χ0v) is 9.97. The molecule has 0 aliphatic rings. The van der Waals surface area contributed by atoms with E-state index in [1.165, 1.54) is 0 Å². The van der Waals surface area contributed by atoms with E-state index in [9.17, 15) is 0 Å². The molecule has 1 aromatic carbocycles. The summed E-state index contributed by atoms with van der Waals surface area (Å²) >= 11 is 0. The first kappa shape index (κ1) is 13.1. The molecule has 1 rings (SSSR count). The Kier molecular flexibility index (Phi) is 5.11. The molecule has 2 N–H and O–H groups in total. The molecule has 0 saturated carbocycles. The fraction of sp³-hybridized carbons (Fsp3) is 0.417. The van der Waals surface area contributed by atoms with Gasteiger partial charge in [-0.05, 0) is 0 Å². The van der Waals surface area contributed by atoms with Gasteiger partial charge in [0.05, 0.1) is 32.8 Å². The first-order chi connectivity index (χ1) is 8.19. The van der Waals surface area contributed by atoms with E-state index in [0.29, 0.717) is 17.2 Å². The third-order valence-electron chi connectivity index (χ3n) is 2.14. The Labute approximate surface area is 101 Å². The largest absolute Gasteiger partial charge is 0.496 e. The molecule has 0 fully saturated rings. The molecule has 0 amide bonds. The molecule has 0 heterocycles. The van der Waals surface area contributed by atoms with Crippen LogP contribution in [-0.2, 0) is 0 Å². The molecule has 0 aliphatic heterocycles. The molecule has 1 aromatic rings. The Morgan fingerprint density at radius 2 is 1.71 bits per heavy atom. The van der Waals surface area contributed by atoms with E-state index in [1.807, 2.05) is 6.07 Å². The number of hydrogen-bond acceptors (Lipinski definition) is 5. The molecule has 0 saturated heterocycles. The SMILES string of the molecule is COc1cc(OC)cc(OCC(N)CC#N)c1. The van der Waals surface area contributed by atoms with Gasteiger partial charge in [-0.25, -0.2) is 0 Å². The lowest BCUT2D eigenvalue weighted by atomic mass is 10.2. The third-order valence-corrected chi connectivity index (χ3v) is 2.14. The van der Waals surface area contributed by atoms with E-state index < -0.39 is 0 Å². The molecule has 1 atom stereocenters. The first-order valence-corrected chi connectivity index (χ1v) is 5.18. The minimum Gasteiger partial charge on any atom is -0.496 e. The summed E-state index contributed by atoms with van der Waals surface area (Å²) in [5.74, 6) is 1.90. The summed E-state index contributed by atoms with van der Waals surface area (Å²) in [7, 11) is 3.14. The Morgan fingerprint density at radius 3 is 2.18 bits per heavy atom. The Bertz CT molecular complexity index is 379. The van der Waals surface area contributed by atoms with Crippen molar-refractivity contribution >= 4 is 0 Å². The van der Waals surface area contributed by atoms with E-state index in [-0.39, 0.29) is 19.1 Å². The summed E-state index contributed by atoms with van der Waals surface area (Å²) in [6.07, 6.45) is 0.265. The molecular weight excluding hydrogens is 220 g/mol. The van der Waals surface area contributed by atoms with Crippen LogP contribution in [0.2, 0.25) is 0 Å². The molecule has 17 heavy (non-hydrogen) atoms. The van der Waals surface area contributed by atoms with Crippen molar-refractivity contribution in [1.82, 2.24) is 0 Å². The van der Waals surface area contributed by atoms with E-state index in [1.54, 1.807) is 32.4 Å². The van der Waals surface area contributed by atoms with Gasteiger partial charge >= 0.3 is 0 Å². The highest BCUT2D eigenvalue weighted by atomic mass is 16.5. The van der Waals surface area contributed by atoms with Crippen LogP contribution in [-0.4, -0.2) is 26.9 Å². The number of benzene rings is 1. The maximum atomic E-state index is 8.47. The highest BCUT2D eigenvalue weighted by Crippen LogP contribution is 2.27. The second-order valence-electron chi connectivity index (χ2n) is 3.48. The van der Waals surface area contributed by atoms with Crippen LogP contribution >= 0.6 is 0 Å². The molecule has 0 radical (unpaired) electrons. The van der Waals surface area contributed by atoms with Crippen molar-refractivity contribution in [3.63, 3.8) is 0 Å². The predicted molar refractivity (Wildman–Crippen MR) is 63.2 cm³/mol. The van der Waals surface area contributed by atoms with E-state index in [2.05, 4.69) is 0 Å². The van der Waals surface area contributed by atoms with Crippen LogP contribution in [0.1, 0.15) is 6.42 Å². The quantitative estimate of drug-likeness (QED) is 0.806. The van der Waals surface area contributed by atoms with Crippen molar-refractivity contribution in [1.29, 1.82) is 5.26 Å². The molecule has 0 aromatic heterocycles. The standard InChI is InChI=1S/C12H16N2O3/c1-15-10-5-11(16-2)7-12(6-10)17-8-9(14)3-4-13/h5-7,9H,3,8,14H2,1-2H3. The lowest BCUT2D eigenvalue weighted by molar-refractivity contribution is 0.285. The van der Waals surface area contributed by atoms with Gasteiger partial charge in [-0.1, -0.05) is 0 Å². The highest BCUT2D eigenvalue weighted by molar-refractivity contribution is 5.41. The lowest BCUT2D eigenvalue weighted by Gasteiger charge is -2.12. The van der Waals surface area contributed by atoms with Crippen molar-refractivity contribution < 1.29 is 14.2 Å². The molecule has 5 heteroatoms. The average molecular weight is 236 g/mol. The molecule has 0 bridgehead atoms. The van der Waals surface area contributed by atoms with Crippen LogP contribution in [0, 0.1) is 11.3 Å². The van der Waals surface area contributed by atoms with Gasteiger partial charge in [-0.2, -0.15) is 5.26 Å². The van der Waals surface area contributed by atoms with Gasteiger partial charge in [-0.15, -0.1) is 0 Å². The molecule has 0 spiro atoms. The molecule has 5 nitrogen and oxygen atoms in total. The number of ether oxygens (including phenoxy) is 3. The topological polar surface area (TPSA) is 77.5 Å². The number of methoxy groups -OCH3 is 2. The van der Waals surface area contributed by atoms with E-state index in [0.717, 1.165) is 0 Å². The van der Waals surface area contributed by atoms with Gasteiger partial charge in [0.1, 0.15) is 23.9 Å². The molecular formula is C12H16N2O3. The highest BCUT2D eigenvalue weighted by Gasteiger charge is 2.06. The van der Waals surface area contributed by atoms with Crippen molar-refractivity contribution in [3.05, 3.63) is 18.2 Å². The minimum atomic E-state index is -0.294. The predicted octanol–water partition coefficient (Wildman–Crippen LogP) is 1.32. The lowest BCUT2D eigenvalue weighted by Crippen LogP contribution is -2.27. The van der Waals surface area contributed by atoms with Gasteiger partial charge in [0.2, 0.25) is 0 Å². The summed E-state index contributed by atoms with van der Waals surface area (Å²) in [4.78, 5) is 0. The van der Waals surface area contributed by atoms with Crippen molar-refractivity contribution in [2.75, 3.05) is 20.8 Å². The monoisotopic (exact) mass is 236 g/mol. The van der Waals surface area contributed by atoms with E-state index >= 15 is 0 Å². The summed E-state index contributed by atoms with van der Waals surface area (Å²) in [6, 6.07) is 6.93. The zero-order chi connectivity index (χ0) is 12.7. The van der Waals surface area contributed by atoms with Gasteiger partial charge in [-0.3, -0.25) is 0 Å². The van der Waals surface area contributed by atoms with Crippen molar-refractivity contribution in [3.8, 4) is 23.3 Å². The van der Waals surface area contributed by atoms with E-state index in [4.69, 9.17) is 25.2 Å². The molecule has 0 aliphatic carbocycles. The Hall–Kier alpha value is -1.93. The van der Waals surface area contributed by atoms with Crippen molar-refractivity contribution in [2.45, 2.75) is 12.5 Å². The fourth-order valence-corrected chi connectivity index (χ4v) is 1.24. The normalized spacial score (nSPS) is 11.4. The summed E-state index contributed by atoms with van der Waals surface area (Å²) in [5, 5.41) is 8.47. The Morgan fingerprint density at radius 1 is 1.18 bits per heavy atom. The van der Waals surface area contributed by atoms with Crippen LogP contribution in [0.5, 0.6) is 17.2 Å². The van der Waals surface area contributed by atoms with Gasteiger partial charge in [0, 0.05) is 18.2 Å². The maximum absolute atomic E-state index is 8.47. The third kappa shape index (κ3) is 4.21. The fourth-order valence-electron chi connectivity index (χ4n) is 1.24. The molecule has 92 valence electrons. The number of nitriles is 1. The Balaban J connectivity index is 2.67. The first-order valence-electron chi connectivity index (χ1n) is 5.18. The second kappa shape index (κ2) is 6.61. The van der Waals surface area contributed by atoms with Crippen LogP contribution in [0.3, 0.4) is 0 Å². The van der Waals surface area contributed by atoms with Crippen molar-refractivity contribution in [2.24, 2.45) is 5.73 Å². The molecule has 1 unspecified atom stereocenters. The smallest absolute Gasteiger partial charge is 0.126 e. The number of hydrogen-bond donors (Lipinski definition) is 1. The maximum Gasteiger partial charge on any atom is 0.126 e. The summed E-state index contributed by atoms with van der Waals surface area (Å²) in [6.45, 7) is 0.282. The number of nitrogens with zero attached hydrogens (tertiary/aromatic N) is 1. The average Bonchev–Trinajstić information content (AvgIpc) is 2.36. The van der Waals surface area contributed by atoms with Gasteiger partial charge in [0.25, 0.3) is 0 Å². The van der Waals surface area contributed by atoms with Gasteiger partial charge in [0.15, 0.2) is 0 Å². The van der Waals surface area contributed by atoms with Crippen LogP contribution in [0.4, 0.5) is 0 Å². The van der Waals surface area contributed by atoms with Gasteiger partial charge < -0.3 is 19.9 Å². The zero-order valence-electron chi connectivity index (χ0n) is 9.97. The minimum absolute atomic E-state index is 0.265. The summed E-state index contributed by atoms with van der Waals surface area (Å²) in [5.41, 5.74) is 5.66. The van der Waals surface area contributed by atoms with Crippen LogP contribution in [0.25, 0.3) is 0 Å².